The van der Waals surface area contributed by atoms with E-state index in [0.29, 0.717) is 11.7 Å². The molecule has 17 heavy (non-hydrogen) atoms. The fourth-order valence-electron chi connectivity index (χ4n) is 3.03. The number of allylic oxidation sites excluding steroid dienone is 2. The van der Waals surface area contributed by atoms with Crippen molar-refractivity contribution in [1.29, 1.82) is 0 Å². The zero-order valence-electron chi connectivity index (χ0n) is 11.3. The van der Waals surface area contributed by atoms with Gasteiger partial charge in [-0.15, -0.1) is 0 Å². The van der Waals surface area contributed by atoms with Crippen LogP contribution in [-0.2, 0) is 0 Å². The molecule has 92 valence electrons. The normalized spacial score (nSPS) is 20.8. The molecular formula is C16H22O. The van der Waals surface area contributed by atoms with Gasteiger partial charge in [0.2, 0.25) is 0 Å². The lowest BCUT2D eigenvalue weighted by atomic mass is 9.80. The molecular weight excluding hydrogens is 208 g/mol. The topological polar surface area (TPSA) is 20.2 Å². The Kier molecular flexibility index (Phi) is 3.28. The van der Waals surface area contributed by atoms with Crippen LogP contribution in [-0.4, -0.2) is 5.11 Å². The van der Waals surface area contributed by atoms with Gasteiger partial charge in [-0.3, -0.25) is 0 Å². The molecule has 0 fully saturated rings. The van der Waals surface area contributed by atoms with Crippen LogP contribution in [0.15, 0.2) is 17.7 Å². The van der Waals surface area contributed by atoms with Crippen LogP contribution in [0.3, 0.4) is 0 Å². The Morgan fingerprint density at radius 3 is 2.53 bits per heavy atom. The minimum Gasteiger partial charge on any atom is -0.507 e. The Balaban J connectivity index is 2.60. The molecule has 2 rings (SSSR count). The summed E-state index contributed by atoms with van der Waals surface area (Å²) >= 11 is 0. The van der Waals surface area contributed by atoms with Crippen molar-refractivity contribution in [2.24, 2.45) is 5.92 Å². The Hall–Kier alpha value is -1.24. The van der Waals surface area contributed by atoms with Crippen LogP contribution in [0, 0.1) is 19.8 Å². The van der Waals surface area contributed by atoms with Crippen molar-refractivity contribution < 1.29 is 5.11 Å². The van der Waals surface area contributed by atoms with Gasteiger partial charge in [-0.2, -0.15) is 0 Å². The van der Waals surface area contributed by atoms with Gasteiger partial charge in [-0.25, -0.2) is 0 Å². The fraction of sp³-hybridized carbons (Fsp3) is 0.500. The number of hydrogen-bond donors (Lipinski definition) is 1. The van der Waals surface area contributed by atoms with E-state index in [4.69, 9.17) is 0 Å². The lowest BCUT2D eigenvalue weighted by molar-refractivity contribution is 0.466. The summed E-state index contributed by atoms with van der Waals surface area (Å²) in [6.07, 6.45) is 3.69. The number of aromatic hydroxyl groups is 1. The first kappa shape index (κ1) is 12.2. The molecule has 1 N–H and O–H groups in total. The highest BCUT2D eigenvalue weighted by molar-refractivity contribution is 5.76. The van der Waals surface area contributed by atoms with E-state index in [1.807, 2.05) is 13.0 Å². The minimum absolute atomic E-state index is 0.471. The van der Waals surface area contributed by atoms with Crippen molar-refractivity contribution in [2.75, 3.05) is 0 Å². The van der Waals surface area contributed by atoms with Crippen LogP contribution in [0.25, 0.3) is 5.57 Å². The summed E-state index contributed by atoms with van der Waals surface area (Å²) in [6.45, 7) is 8.56. The molecule has 0 spiro atoms. The number of benzene rings is 1. The summed E-state index contributed by atoms with van der Waals surface area (Å²) in [6, 6.07) is 4.17. The maximum Gasteiger partial charge on any atom is 0.126 e. The molecule has 1 aromatic rings. The van der Waals surface area contributed by atoms with E-state index in [1.54, 1.807) is 0 Å². The number of rotatable bonds is 1. The molecule has 0 saturated heterocycles. The first-order valence-corrected chi connectivity index (χ1v) is 6.51. The van der Waals surface area contributed by atoms with E-state index in [2.05, 4.69) is 26.8 Å². The van der Waals surface area contributed by atoms with Gasteiger partial charge < -0.3 is 5.11 Å². The third kappa shape index (κ3) is 2.24. The second kappa shape index (κ2) is 4.56. The molecule has 1 unspecified atom stereocenters. The largest absolute Gasteiger partial charge is 0.507 e. The number of phenols is 1. The van der Waals surface area contributed by atoms with Gasteiger partial charge in [0.25, 0.3) is 0 Å². The van der Waals surface area contributed by atoms with E-state index in [1.165, 1.54) is 36.0 Å². The van der Waals surface area contributed by atoms with E-state index in [9.17, 15) is 5.11 Å². The number of hydrogen-bond acceptors (Lipinski definition) is 1. The molecule has 0 bridgehead atoms. The first-order valence-electron chi connectivity index (χ1n) is 6.51. The van der Waals surface area contributed by atoms with Gasteiger partial charge in [0.1, 0.15) is 5.75 Å². The van der Waals surface area contributed by atoms with E-state index < -0.39 is 0 Å². The van der Waals surface area contributed by atoms with Crippen molar-refractivity contribution in [1.82, 2.24) is 0 Å². The Bertz CT molecular complexity index is 469. The maximum atomic E-state index is 10.3. The smallest absolute Gasteiger partial charge is 0.126 e. The zero-order valence-corrected chi connectivity index (χ0v) is 11.3. The van der Waals surface area contributed by atoms with Crippen LogP contribution in [0.5, 0.6) is 5.75 Å². The summed E-state index contributed by atoms with van der Waals surface area (Å²) < 4.78 is 0. The summed E-state index contributed by atoms with van der Waals surface area (Å²) in [5.74, 6) is 1.04. The Morgan fingerprint density at radius 2 is 1.88 bits per heavy atom. The van der Waals surface area contributed by atoms with Gasteiger partial charge in [-0.1, -0.05) is 18.6 Å². The van der Waals surface area contributed by atoms with Gasteiger partial charge in [0.05, 0.1) is 0 Å². The summed E-state index contributed by atoms with van der Waals surface area (Å²) in [7, 11) is 0. The van der Waals surface area contributed by atoms with E-state index in [0.717, 1.165) is 11.1 Å². The van der Waals surface area contributed by atoms with Gasteiger partial charge in [-0.05, 0) is 68.7 Å². The third-order valence-corrected chi connectivity index (χ3v) is 3.88. The van der Waals surface area contributed by atoms with Crippen LogP contribution in [0.1, 0.15) is 49.8 Å². The Morgan fingerprint density at radius 1 is 1.18 bits per heavy atom. The first-order chi connectivity index (χ1) is 8.00. The van der Waals surface area contributed by atoms with Crippen molar-refractivity contribution in [2.45, 2.75) is 47.0 Å². The van der Waals surface area contributed by atoms with Crippen LogP contribution in [0.2, 0.25) is 0 Å². The average Bonchev–Trinajstić information content (AvgIpc) is 2.24. The van der Waals surface area contributed by atoms with Gasteiger partial charge in [0, 0.05) is 5.56 Å². The van der Waals surface area contributed by atoms with Crippen molar-refractivity contribution in [3.05, 3.63) is 34.4 Å². The molecule has 1 nitrogen and oxygen atoms in total. The molecule has 0 saturated carbocycles. The van der Waals surface area contributed by atoms with Crippen LogP contribution < -0.4 is 0 Å². The molecule has 0 amide bonds. The summed E-state index contributed by atoms with van der Waals surface area (Å²) in [4.78, 5) is 0. The molecule has 0 aliphatic heterocycles. The maximum absolute atomic E-state index is 10.3. The Labute approximate surface area is 104 Å². The monoisotopic (exact) mass is 230 g/mol. The highest BCUT2D eigenvalue weighted by Gasteiger charge is 2.21. The second-order valence-corrected chi connectivity index (χ2v) is 5.47. The quantitative estimate of drug-likeness (QED) is 0.747. The summed E-state index contributed by atoms with van der Waals surface area (Å²) in [5, 5.41) is 10.3. The van der Waals surface area contributed by atoms with Crippen molar-refractivity contribution in [3.63, 3.8) is 0 Å². The standard InChI is InChI=1S/C16H22O/c1-10-8-13(4)16(17)14(9-10)15-11(2)6-5-7-12(15)3/h8-9,11,17H,5-7H2,1-4H3. The third-order valence-electron chi connectivity index (χ3n) is 3.88. The zero-order chi connectivity index (χ0) is 12.6. The lowest BCUT2D eigenvalue weighted by Crippen LogP contribution is -2.08. The predicted molar refractivity (Wildman–Crippen MR) is 73.2 cm³/mol. The molecule has 1 aromatic carbocycles. The predicted octanol–water partition coefficient (Wildman–Crippen LogP) is 4.60. The minimum atomic E-state index is 0.471. The highest BCUT2D eigenvalue weighted by atomic mass is 16.3. The molecule has 1 aliphatic rings. The van der Waals surface area contributed by atoms with Gasteiger partial charge in [0.15, 0.2) is 0 Å². The number of aryl methyl sites for hydroxylation is 2. The van der Waals surface area contributed by atoms with Gasteiger partial charge >= 0.3 is 0 Å². The average molecular weight is 230 g/mol. The molecule has 1 aliphatic carbocycles. The number of phenolic OH excluding ortho intramolecular Hbond substituents is 1. The van der Waals surface area contributed by atoms with E-state index in [-0.39, 0.29) is 0 Å². The van der Waals surface area contributed by atoms with Crippen LogP contribution in [0.4, 0.5) is 0 Å². The van der Waals surface area contributed by atoms with Crippen LogP contribution >= 0.6 is 0 Å². The lowest BCUT2D eigenvalue weighted by Gasteiger charge is -2.26. The summed E-state index contributed by atoms with van der Waals surface area (Å²) in [5.41, 5.74) is 6.10. The van der Waals surface area contributed by atoms with E-state index >= 15 is 0 Å². The molecule has 0 radical (unpaired) electrons. The molecule has 1 atom stereocenters. The highest BCUT2D eigenvalue weighted by Crippen LogP contribution is 2.41. The molecule has 1 heteroatoms. The molecule has 0 aromatic heterocycles. The fourth-order valence-corrected chi connectivity index (χ4v) is 3.03. The second-order valence-electron chi connectivity index (χ2n) is 5.47. The van der Waals surface area contributed by atoms with Crippen molar-refractivity contribution >= 4 is 5.57 Å². The molecule has 0 heterocycles. The van der Waals surface area contributed by atoms with Crippen molar-refractivity contribution in [3.8, 4) is 5.75 Å². The SMILES string of the molecule is CC1=C(c2cc(C)cc(C)c2O)C(C)CCC1.